The molecule has 0 radical (unpaired) electrons. The van der Waals surface area contributed by atoms with Crippen LogP contribution in [0.25, 0.3) is 10.8 Å². The van der Waals surface area contributed by atoms with Crippen molar-refractivity contribution in [1.29, 1.82) is 0 Å². The Morgan fingerprint density at radius 2 is 1.85 bits per heavy atom. The second-order valence-electron chi connectivity index (χ2n) is 5.73. The predicted octanol–water partition coefficient (Wildman–Crippen LogP) is 3.39. The number of carbonyl (C=O) groups is 1. The summed E-state index contributed by atoms with van der Waals surface area (Å²) >= 11 is 0. The third-order valence-corrected chi connectivity index (χ3v) is 3.62. The molecule has 0 spiro atoms. The number of rotatable bonds is 5. The van der Waals surface area contributed by atoms with E-state index in [0.29, 0.717) is 12.5 Å². The Bertz CT molecular complexity index is 616. The molecule has 1 atom stereocenters. The quantitative estimate of drug-likeness (QED) is 0.876. The van der Waals surface area contributed by atoms with Gasteiger partial charge in [-0.15, -0.1) is 0 Å². The van der Waals surface area contributed by atoms with E-state index in [4.69, 9.17) is 0 Å². The first-order valence-corrected chi connectivity index (χ1v) is 6.92. The molecule has 1 unspecified atom stereocenters. The summed E-state index contributed by atoms with van der Waals surface area (Å²) in [5, 5.41) is 14.9. The van der Waals surface area contributed by atoms with Gasteiger partial charge in [0.05, 0.1) is 0 Å². The summed E-state index contributed by atoms with van der Waals surface area (Å²) < 4.78 is 0. The van der Waals surface area contributed by atoms with Gasteiger partial charge in [0, 0.05) is 0 Å². The van der Waals surface area contributed by atoms with Crippen LogP contribution >= 0.6 is 0 Å². The minimum atomic E-state index is -1.08. The summed E-state index contributed by atoms with van der Waals surface area (Å²) in [5.74, 6) is -0.460. The van der Waals surface area contributed by atoms with Crippen molar-refractivity contribution in [2.24, 2.45) is 5.92 Å². The third-order valence-electron chi connectivity index (χ3n) is 3.62. The maximum absolute atomic E-state index is 11.8. The normalized spacial score (nSPS) is 14.4. The molecule has 106 valence electrons. The predicted molar refractivity (Wildman–Crippen MR) is 81.8 cm³/mol. The van der Waals surface area contributed by atoms with E-state index in [9.17, 15) is 9.90 Å². The van der Waals surface area contributed by atoms with E-state index in [1.807, 2.05) is 42.5 Å². The van der Waals surface area contributed by atoms with Crippen molar-refractivity contribution >= 4 is 16.7 Å². The number of carboxylic acids is 1. The number of benzene rings is 2. The smallest absolute Gasteiger partial charge is 0.328 e. The van der Waals surface area contributed by atoms with Gasteiger partial charge >= 0.3 is 5.97 Å². The van der Waals surface area contributed by atoms with Gasteiger partial charge in [-0.3, -0.25) is 5.32 Å². The molecule has 2 rings (SSSR count). The highest BCUT2D eigenvalue weighted by Gasteiger charge is 2.35. The van der Waals surface area contributed by atoms with Crippen LogP contribution < -0.4 is 5.32 Å². The Labute approximate surface area is 119 Å². The Balaban J connectivity index is 2.54. The minimum absolute atomic E-state index is 0.392. The van der Waals surface area contributed by atoms with E-state index in [2.05, 4.69) is 19.2 Å². The van der Waals surface area contributed by atoms with Crippen molar-refractivity contribution < 1.29 is 9.90 Å². The van der Waals surface area contributed by atoms with Gasteiger partial charge in [-0.1, -0.05) is 56.3 Å². The third kappa shape index (κ3) is 2.68. The van der Waals surface area contributed by atoms with E-state index >= 15 is 0 Å². The van der Waals surface area contributed by atoms with Crippen molar-refractivity contribution in [1.82, 2.24) is 5.32 Å². The molecule has 0 aromatic heterocycles. The molecule has 2 aromatic carbocycles. The maximum atomic E-state index is 11.8. The van der Waals surface area contributed by atoms with E-state index in [1.165, 1.54) is 0 Å². The lowest BCUT2D eigenvalue weighted by molar-refractivity contribution is -0.144. The van der Waals surface area contributed by atoms with Gasteiger partial charge in [-0.25, -0.2) is 4.79 Å². The van der Waals surface area contributed by atoms with Crippen molar-refractivity contribution in [2.75, 3.05) is 6.54 Å². The topological polar surface area (TPSA) is 49.3 Å². The van der Waals surface area contributed by atoms with Crippen LogP contribution in [0, 0.1) is 5.92 Å². The molecule has 0 aliphatic heterocycles. The molecule has 20 heavy (non-hydrogen) atoms. The van der Waals surface area contributed by atoms with Gasteiger partial charge in [0.2, 0.25) is 0 Å². The minimum Gasteiger partial charge on any atom is -0.480 e. The average molecular weight is 271 g/mol. The van der Waals surface area contributed by atoms with Crippen molar-refractivity contribution in [2.45, 2.75) is 26.3 Å². The Morgan fingerprint density at radius 3 is 2.50 bits per heavy atom. The van der Waals surface area contributed by atoms with Crippen molar-refractivity contribution in [3.05, 3.63) is 48.0 Å². The Kier molecular flexibility index (Phi) is 4.09. The highest BCUT2D eigenvalue weighted by atomic mass is 16.4. The second kappa shape index (κ2) is 5.63. The second-order valence-corrected chi connectivity index (χ2v) is 5.73. The molecule has 3 nitrogen and oxygen atoms in total. The first-order chi connectivity index (χ1) is 9.45. The zero-order valence-electron chi connectivity index (χ0n) is 12.2. The number of fused-ring (bicyclic) bond motifs is 1. The van der Waals surface area contributed by atoms with E-state index in [-0.39, 0.29) is 0 Å². The molecule has 0 amide bonds. The molecule has 0 saturated heterocycles. The van der Waals surface area contributed by atoms with E-state index < -0.39 is 11.5 Å². The fourth-order valence-electron chi connectivity index (χ4n) is 2.36. The summed E-state index contributed by atoms with van der Waals surface area (Å²) in [6, 6.07) is 13.7. The zero-order chi connectivity index (χ0) is 14.8. The van der Waals surface area contributed by atoms with Crippen LogP contribution in [0.15, 0.2) is 42.5 Å². The fraction of sp³-hybridized carbons (Fsp3) is 0.353. The van der Waals surface area contributed by atoms with Gasteiger partial charge in [0.1, 0.15) is 5.54 Å². The number of aliphatic carboxylic acids is 1. The summed E-state index contributed by atoms with van der Waals surface area (Å²) in [6.07, 6.45) is 0. The molecule has 2 N–H and O–H groups in total. The molecule has 3 heteroatoms. The van der Waals surface area contributed by atoms with Gasteiger partial charge < -0.3 is 5.11 Å². The number of carboxylic acid groups (broad SMARTS) is 1. The number of hydrogen-bond donors (Lipinski definition) is 2. The zero-order valence-corrected chi connectivity index (χ0v) is 12.2. The highest BCUT2D eigenvalue weighted by Crippen LogP contribution is 2.29. The summed E-state index contributed by atoms with van der Waals surface area (Å²) in [5.41, 5.74) is -0.269. The van der Waals surface area contributed by atoms with Gasteiger partial charge in [0.25, 0.3) is 0 Å². The van der Waals surface area contributed by atoms with Crippen LogP contribution in [0.1, 0.15) is 26.3 Å². The van der Waals surface area contributed by atoms with Crippen molar-refractivity contribution in [3.8, 4) is 0 Å². The highest BCUT2D eigenvalue weighted by molar-refractivity contribution is 5.92. The molecule has 0 saturated carbocycles. The lowest BCUT2D eigenvalue weighted by Gasteiger charge is -2.29. The lowest BCUT2D eigenvalue weighted by atomic mass is 9.87. The standard InChI is InChI=1S/C17H21NO2/c1-12(2)11-18-17(3,16(19)20)15-10-6-8-13-7-4-5-9-14(13)15/h4-10,12,18H,11H2,1-3H3,(H,19,20). The molecule has 0 heterocycles. The largest absolute Gasteiger partial charge is 0.480 e. The maximum Gasteiger partial charge on any atom is 0.328 e. The van der Waals surface area contributed by atoms with Crippen LogP contribution in [0.5, 0.6) is 0 Å². The SMILES string of the molecule is CC(C)CNC(C)(C(=O)O)c1cccc2ccccc12. The van der Waals surface area contributed by atoms with Crippen LogP contribution in [-0.4, -0.2) is 17.6 Å². The van der Waals surface area contributed by atoms with E-state index in [0.717, 1.165) is 16.3 Å². The molecule has 0 fully saturated rings. The molecular weight excluding hydrogens is 250 g/mol. The first kappa shape index (κ1) is 14.5. The van der Waals surface area contributed by atoms with E-state index in [1.54, 1.807) is 6.92 Å². The lowest BCUT2D eigenvalue weighted by Crippen LogP contribution is -2.48. The summed E-state index contributed by atoms with van der Waals surface area (Å²) in [7, 11) is 0. The average Bonchev–Trinajstić information content (AvgIpc) is 2.44. The molecular formula is C17H21NO2. The summed E-state index contributed by atoms with van der Waals surface area (Å²) in [6.45, 7) is 6.53. The molecule has 0 bridgehead atoms. The molecule has 0 aliphatic carbocycles. The molecule has 0 aliphatic rings. The van der Waals surface area contributed by atoms with Gasteiger partial charge in [0.15, 0.2) is 0 Å². The monoisotopic (exact) mass is 271 g/mol. The number of nitrogens with one attached hydrogen (secondary N) is 1. The van der Waals surface area contributed by atoms with Gasteiger partial charge in [-0.2, -0.15) is 0 Å². The van der Waals surface area contributed by atoms with Crippen LogP contribution in [0.2, 0.25) is 0 Å². The molecule has 2 aromatic rings. The first-order valence-electron chi connectivity index (χ1n) is 6.92. The Hall–Kier alpha value is -1.87. The van der Waals surface area contributed by atoms with Crippen LogP contribution in [0.4, 0.5) is 0 Å². The van der Waals surface area contributed by atoms with Crippen molar-refractivity contribution in [3.63, 3.8) is 0 Å². The van der Waals surface area contributed by atoms with Crippen LogP contribution in [-0.2, 0) is 10.3 Å². The van der Waals surface area contributed by atoms with Crippen LogP contribution in [0.3, 0.4) is 0 Å². The fourth-order valence-corrected chi connectivity index (χ4v) is 2.36. The summed E-state index contributed by atoms with van der Waals surface area (Å²) in [4.78, 5) is 11.8. The Morgan fingerprint density at radius 1 is 1.20 bits per heavy atom. The van der Waals surface area contributed by atoms with Gasteiger partial charge in [-0.05, 0) is 35.7 Å². The number of hydrogen-bond acceptors (Lipinski definition) is 2.